The molecule has 0 aromatic carbocycles. The van der Waals surface area contributed by atoms with Gasteiger partial charge in [-0.3, -0.25) is 4.90 Å². The highest BCUT2D eigenvalue weighted by molar-refractivity contribution is 9.11. The quantitative estimate of drug-likeness (QED) is 0.887. The third-order valence-corrected chi connectivity index (χ3v) is 6.19. The smallest absolute Gasteiger partial charge is 0.147 e. The minimum atomic E-state index is 0.574. The predicted molar refractivity (Wildman–Crippen MR) is 91.0 cm³/mol. The Kier molecular flexibility index (Phi) is 4.30. The van der Waals surface area contributed by atoms with Crippen molar-refractivity contribution in [2.24, 2.45) is 0 Å². The van der Waals surface area contributed by atoms with Crippen LogP contribution in [-0.4, -0.2) is 39.3 Å². The summed E-state index contributed by atoms with van der Waals surface area (Å²) in [5.74, 6) is 2.89. The second-order valence-corrected chi connectivity index (χ2v) is 8.40. The summed E-state index contributed by atoms with van der Waals surface area (Å²) in [4.78, 5) is 2.56. The average Bonchev–Trinajstić information content (AvgIpc) is 3.14. The summed E-state index contributed by atoms with van der Waals surface area (Å²) in [6.45, 7) is 6.28. The van der Waals surface area contributed by atoms with Gasteiger partial charge in [0.15, 0.2) is 0 Å². The van der Waals surface area contributed by atoms with Crippen LogP contribution in [0.2, 0.25) is 0 Å². The van der Waals surface area contributed by atoms with Crippen LogP contribution in [0.1, 0.15) is 36.0 Å². The minimum Gasteiger partial charge on any atom is -0.312 e. The Labute approximate surface area is 142 Å². The van der Waals surface area contributed by atoms with Gasteiger partial charge in [-0.25, -0.2) is 0 Å². The van der Waals surface area contributed by atoms with Crippen molar-refractivity contribution in [3.63, 3.8) is 0 Å². The van der Waals surface area contributed by atoms with Crippen molar-refractivity contribution in [3.05, 3.63) is 32.4 Å². The standard InChI is InChI=1S/C15H20BrN5S/c16-13-7-11(10-22-13)9-20-4-1-12(2-5-20)15-19-18-14-8-17-3-6-21(14)15/h7,10,12,17H,1-6,8-9H2. The Hall–Kier alpha value is -0.760. The summed E-state index contributed by atoms with van der Waals surface area (Å²) in [6, 6.07) is 2.23. The molecule has 2 aromatic rings. The van der Waals surface area contributed by atoms with Crippen molar-refractivity contribution < 1.29 is 0 Å². The van der Waals surface area contributed by atoms with Gasteiger partial charge in [-0.2, -0.15) is 0 Å². The largest absolute Gasteiger partial charge is 0.312 e. The number of piperidine rings is 1. The van der Waals surface area contributed by atoms with E-state index >= 15 is 0 Å². The van der Waals surface area contributed by atoms with Crippen LogP contribution < -0.4 is 5.32 Å². The lowest BCUT2D eigenvalue weighted by Crippen LogP contribution is -2.34. The van der Waals surface area contributed by atoms with Gasteiger partial charge in [0, 0.05) is 25.6 Å². The van der Waals surface area contributed by atoms with Crippen LogP contribution in [0.4, 0.5) is 0 Å². The highest BCUT2D eigenvalue weighted by atomic mass is 79.9. The molecule has 1 N–H and O–H groups in total. The molecule has 0 spiro atoms. The van der Waals surface area contributed by atoms with Crippen LogP contribution in [0.15, 0.2) is 15.2 Å². The lowest BCUT2D eigenvalue weighted by atomic mass is 9.95. The normalized spacial score (nSPS) is 20.2. The van der Waals surface area contributed by atoms with Crippen molar-refractivity contribution in [1.29, 1.82) is 0 Å². The fourth-order valence-electron chi connectivity index (χ4n) is 3.45. The van der Waals surface area contributed by atoms with E-state index in [4.69, 9.17) is 0 Å². The molecule has 4 heterocycles. The number of rotatable bonds is 3. The third kappa shape index (κ3) is 2.99. The first-order valence-corrected chi connectivity index (χ1v) is 9.55. The van der Waals surface area contributed by atoms with E-state index < -0.39 is 0 Å². The lowest BCUT2D eigenvalue weighted by Gasteiger charge is -2.31. The molecule has 7 heteroatoms. The molecule has 0 aliphatic carbocycles. The van der Waals surface area contributed by atoms with E-state index in [1.165, 1.54) is 28.0 Å². The van der Waals surface area contributed by atoms with Gasteiger partial charge >= 0.3 is 0 Å². The summed E-state index contributed by atoms with van der Waals surface area (Å²) < 4.78 is 3.56. The molecule has 0 radical (unpaired) electrons. The second kappa shape index (κ2) is 6.39. The zero-order valence-electron chi connectivity index (χ0n) is 12.5. The first-order chi connectivity index (χ1) is 10.8. The number of aromatic nitrogens is 3. The number of fused-ring (bicyclic) bond motifs is 1. The molecule has 0 atom stereocenters. The summed E-state index contributed by atoms with van der Waals surface area (Å²) in [6.07, 6.45) is 2.38. The van der Waals surface area contributed by atoms with Crippen molar-refractivity contribution >= 4 is 27.3 Å². The second-order valence-electron chi connectivity index (χ2n) is 6.11. The Morgan fingerprint density at radius 1 is 1.27 bits per heavy atom. The van der Waals surface area contributed by atoms with E-state index in [1.807, 2.05) is 0 Å². The molecule has 2 aliphatic heterocycles. The summed E-state index contributed by atoms with van der Waals surface area (Å²) in [5, 5.41) is 14.4. The number of hydrogen-bond donors (Lipinski definition) is 1. The number of halogens is 1. The van der Waals surface area contributed by atoms with Crippen molar-refractivity contribution in [2.45, 2.75) is 38.4 Å². The molecule has 0 unspecified atom stereocenters. The maximum absolute atomic E-state index is 4.48. The topological polar surface area (TPSA) is 46.0 Å². The molecule has 118 valence electrons. The zero-order valence-corrected chi connectivity index (χ0v) is 14.9. The molecule has 4 rings (SSSR count). The van der Waals surface area contributed by atoms with Crippen LogP contribution in [0.3, 0.4) is 0 Å². The fraction of sp³-hybridized carbons (Fsp3) is 0.600. The van der Waals surface area contributed by atoms with Crippen molar-refractivity contribution in [2.75, 3.05) is 19.6 Å². The van der Waals surface area contributed by atoms with Crippen molar-refractivity contribution in [3.8, 4) is 0 Å². The molecule has 2 aliphatic rings. The number of hydrogen-bond acceptors (Lipinski definition) is 5. The van der Waals surface area contributed by atoms with Gasteiger partial charge in [0.1, 0.15) is 11.6 Å². The van der Waals surface area contributed by atoms with Gasteiger partial charge in [0.2, 0.25) is 0 Å². The van der Waals surface area contributed by atoms with E-state index in [9.17, 15) is 0 Å². The number of nitrogens with zero attached hydrogens (tertiary/aromatic N) is 4. The summed E-state index contributed by atoms with van der Waals surface area (Å²) >= 11 is 5.31. The summed E-state index contributed by atoms with van der Waals surface area (Å²) in [5.41, 5.74) is 1.42. The van der Waals surface area contributed by atoms with Gasteiger partial charge in [0.25, 0.3) is 0 Å². The highest BCUT2D eigenvalue weighted by Crippen LogP contribution is 2.29. The average molecular weight is 382 g/mol. The van der Waals surface area contributed by atoms with Crippen molar-refractivity contribution in [1.82, 2.24) is 25.0 Å². The van der Waals surface area contributed by atoms with Gasteiger partial charge in [-0.1, -0.05) is 0 Å². The lowest BCUT2D eigenvalue weighted by molar-refractivity contribution is 0.199. The zero-order chi connectivity index (χ0) is 14.9. The first-order valence-electron chi connectivity index (χ1n) is 7.87. The van der Waals surface area contributed by atoms with E-state index in [2.05, 4.69) is 52.4 Å². The molecule has 22 heavy (non-hydrogen) atoms. The van der Waals surface area contributed by atoms with E-state index in [1.54, 1.807) is 11.3 Å². The molecule has 0 saturated carbocycles. The summed E-state index contributed by atoms with van der Waals surface area (Å²) in [7, 11) is 0. The monoisotopic (exact) mass is 381 g/mol. The van der Waals surface area contributed by atoms with Gasteiger partial charge in [-0.15, -0.1) is 21.5 Å². The number of nitrogens with one attached hydrogen (secondary N) is 1. The predicted octanol–water partition coefficient (Wildman–Crippen LogP) is 2.58. The van der Waals surface area contributed by atoms with Crippen LogP contribution >= 0.6 is 27.3 Å². The number of thiophene rings is 1. The Morgan fingerprint density at radius 3 is 2.91 bits per heavy atom. The Morgan fingerprint density at radius 2 is 2.14 bits per heavy atom. The number of likely N-dealkylation sites (tertiary alicyclic amines) is 1. The molecule has 1 saturated heterocycles. The molecule has 0 amide bonds. The molecule has 0 bridgehead atoms. The van der Waals surface area contributed by atoms with E-state index in [0.717, 1.165) is 45.1 Å². The maximum atomic E-state index is 4.48. The molecule has 1 fully saturated rings. The van der Waals surface area contributed by atoms with E-state index in [0.29, 0.717) is 5.92 Å². The SMILES string of the molecule is Brc1cc(CN2CCC(c3nnc4n3CCNC4)CC2)cs1. The molecule has 5 nitrogen and oxygen atoms in total. The molecule has 2 aromatic heterocycles. The van der Waals surface area contributed by atoms with Crippen LogP contribution in [0.5, 0.6) is 0 Å². The Balaban J connectivity index is 1.38. The first kappa shape index (κ1) is 14.8. The molecular weight excluding hydrogens is 362 g/mol. The van der Waals surface area contributed by atoms with Crippen LogP contribution in [0, 0.1) is 0 Å². The minimum absolute atomic E-state index is 0.574. The highest BCUT2D eigenvalue weighted by Gasteiger charge is 2.27. The van der Waals surface area contributed by atoms with Crippen LogP contribution in [0.25, 0.3) is 0 Å². The van der Waals surface area contributed by atoms with Crippen LogP contribution in [-0.2, 0) is 19.6 Å². The fourth-order valence-corrected chi connectivity index (χ4v) is 4.65. The van der Waals surface area contributed by atoms with E-state index in [-0.39, 0.29) is 0 Å². The maximum Gasteiger partial charge on any atom is 0.147 e. The van der Waals surface area contributed by atoms with Gasteiger partial charge < -0.3 is 9.88 Å². The van der Waals surface area contributed by atoms with Gasteiger partial charge in [-0.05, 0) is 58.9 Å². The Bertz CT molecular complexity index is 644. The third-order valence-electron chi connectivity index (χ3n) is 4.63. The molecular formula is C15H20BrN5S. The van der Waals surface area contributed by atoms with Gasteiger partial charge in [0.05, 0.1) is 10.3 Å².